The molecule has 0 bridgehead atoms. The van der Waals surface area contributed by atoms with Gasteiger partial charge in [0.25, 0.3) is 0 Å². The van der Waals surface area contributed by atoms with E-state index < -0.39 is 24.5 Å². The van der Waals surface area contributed by atoms with Gasteiger partial charge in [0.15, 0.2) is 0 Å². The number of allylic oxidation sites excluding steroid dienone is 1. The Morgan fingerprint density at radius 1 is 0.622 bits per heavy atom. The quantitative estimate of drug-likeness (QED) is 0.217. The van der Waals surface area contributed by atoms with Gasteiger partial charge < -0.3 is 0 Å². The van der Waals surface area contributed by atoms with Crippen molar-refractivity contribution in [3.63, 3.8) is 0 Å². The van der Waals surface area contributed by atoms with E-state index in [1.54, 1.807) is 0 Å². The summed E-state index contributed by atoms with van der Waals surface area (Å²) in [7, 11) is 0. The van der Waals surface area contributed by atoms with Gasteiger partial charge in [-0.05, 0) is 0 Å². The molecule has 3 aromatic carbocycles. The molecule has 37 heavy (non-hydrogen) atoms. The molecule has 198 valence electrons. The van der Waals surface area contributed by atoms with E-state index in [0.717, 1.165) is 0 Å². The average molecular weight is 603 g/mol. The predicted molar refractivity (Wildman–Crippen MR) is 164 cm³/mol. The van der Waals surface area contributed by atoms with Crippen molar-refractivity contribution in [2.45, 2.75) is 91.0 Å². The molecule has 1 nitrogen and oxygen atoms in total. The van der Waals surface area contributed by atoms with Gasteiger partial charge in [0.1, 0.15) is 0 Å². The molecule has 0 heterocycles. The van der Waals surface area contributed by atoms with Gasteiger partial charge in [0, 0.05) is 0 Å². The second-order valence-electron chi connectivity index (χ2n) is 13.2. The first kappa shape index (κ1) is 29.7. The monoisotopic (exact) mass is 604 g/mol. The van der Waals surface area contributed by atoms with E-state index in [2.05, 4.69) is 146 Å². The zero-order valence-electron chi connectivity index (χ0n) is 24.4. The second kappa shape index (κ2) is 11.9. The van der Waals surface area contributed by atoms with Gasteiger partial charge in [-0.25, -0.2) is 0 Å². The summed E-state index contributed by atoms with van der Waals surface area (Å²) in [6.45, 7) is 18.9. The minimum atomic E-state index is -3.28. The summed E-state index contributed by atoms with van der Waals surface area (Å²) in [6.07, 6.45) is 1.76. The maximum atomic E-state index is 10.6. The SMILES string of the molecule is C/[C](=C\C(C)O)[Sn]([CH2]C(C)(C)c1ccccc1)([CH2]C(C)(C)c1ccccc1)[CH2]C(C)(C)c1ccccc1. The summed E-state index contributed by atoms with van der Waals surface area (Å²) in [5, 5.41) is 10.6. The number of hydrogen-bond donors (Lipinski definition) is 1. The molecule has 0 amide bonds. The van der Waals surface area contributed by atoms with E-state index in [4.69, 9.17) is 0 Å². The molecule has 1 N–H and O–H groups in total. The number of benzene rings is 3. The van der Waals surface area contributed by atoms with Crippen molar-refractivity contribution >= 4 is 18.4 Å². The molecule has 0 spiro atoms. The Balaban J connectivity index is 2.21. The van der Waals surface area contributed by atoms with Gasteiger partial charge in [-0.15, -0.1) is 0 Å². The number of hydrogen-bond acceptors (Lipinski definition) is 1. The Morgan fingerprint density at radius 2 is 0.892 bits per heavy atom. The molecule has 3 rings (SSSR count). The zero-order valence-corrected chi connectivity index (χ0v) is 27.2. The molecule has 0 fully saturated rings. The van der Waals surface area contributed by atoms with Gasteiger partial charge in [-0.1, -0.05) is 0 Å². The molecule has 1 unspecified atom stereocenters. The molecule has 0 saturated heterocycles. The van der Waals surface area contributed by atoms with Crippen LogP contribution < -0.4 is 0 Å². The Bertz CT molecular complexity index is 1010. The van der Waals surface area contributed by atoms with E-state index in [9.17, 15) is 5.11 Å². The first-order valence-corrected chi connectivity index (χ1v) is 21.3. The Hall–Kier alpha value is -1.84. The van der Waals surface area contributed by atoms with E-state index >= 15 is 0 Å². The standard InChI is InChI=1S/3C10H13.C5H9O.Sn/c3*1-10(2,3)9-7-5-4-6-8-9;1-3-4-5(2)6;/h3*4-8H,1H2,2-3H3;4-6H,1-2H3;. The summed E-state index contributed by atoms with van der Waals surface area (Å²) in [5.74, 6) is 0. The van der Waals surface area contributed by atoms with Crippen LogP contribution in [0.3, 0.4) is 0 Å². The van der Waals surface area contributed by atoms with Crippen molar-refractivity contribution in [3.8, 4) is 0 Å². The molecule has 0 saturated carbocycles. The topological polar surface area (TPSA) is 20.2 Å². The third-order valence-corrected chi connectivity index (χ3v) is 26.9. The number of aliphatic hydroxyl groups excluding tert-OH is 1. The molecule has 0 radical (unpaired) electrons. The third-order valence-electron chi connectivity index (χ3n) is 8.33. The Kier molecular flexibility index (Phi) is 9.56. The minimum absolute atomic E-state index is 0.0463. The van der Waals surface area contributed by atoms with Crippen molar-refractivity contribution in [2.24, 2.45) is 0 Å². The van der Waals surface area contributed by atoms with Gasteiger partial charge in [0.05, 0.1) is 0 Å². The van der Waals surface area contributed by atoms with Crippen molar-refractivity contribution in [1.29, 1.82) is 0 Å². The van der Waals surface area contributed by atoms with E-state index in [1.807, 2.05) is 6.92 Å². The van der Waals surface area contributed by atoms with Gasteiger partial charge in [-0.3, -0.25) is 0 Å². The normalized spacial score (nSPS) is 14.5. The van der Waals surface area contributed by atoms with Crippen LogP contribution in [0.2, 0.25) is 13.3 Å². The van der Waals surface area contributed by atoms with Crippen molar-refractivity contribution in [2.75, 3.05) is 0 Å². The van der Waals surface area contributed by atoms with E-state index in [0.29, 0.717) is 0 Å². The molecular formula is C35H48OSn. The summed E-state index contributed by atoms with van der Waals surface area (Å²) in [6, 6.07) is 33.2. The van der Waals surface area contributed by atoms with Crippen LogP contribution in [0.5, 0.6) is 0 Å². The van der Waals surface area contributed by atoms with Crippen LogP contribution in [-0.4, -0.2) is 29.6 Å². The van der Waals surface area contributed by atoms with Crippen LogP contribution in [-0.2, 0) is 16.2 Å². The molecule has 2 heteroatoms. The van der Waals surface area contributed by atoms with Crippen LogP contribution in [0, 0.1) is 0 Å². The Morgan fingerprint density at radius 3 is 1.14 bits per heavy atom. The molecule has 3 aromatic rings. The molecule has 0 aliphatic carbocycles. The van der Waals surface area contributed by atoms with E-state index in [-0.39, 0.29) is 16.2 Å². The van der Waals surface area contributed by atoms with Gasteiger partial charge in [0.2, 0.25) is 0 Å². The van der Waals surface area contributed by atoms with Crippen molar-refractivity contribution in [1.82, 2.24) is 0 Å². The predicted octanol–water partition coefficient (Wildman–Crippen LogP) is 9.23. The summed E-state index contributed by atoms with van der Waals surface area (Å²) in [5.41, 5.74) is 4.38. The summed E-state index contributed by atoms with van der Waals surface area (Å²) >= 11 is -3.28. The van der Waals surface area contributed by atoms with Crippen LogP contribution in [0.1, 0.15) is 72.1 Å². The van der Waals surface area contributed by atoms with Crippen molar-refractivity contribution < 1.29 is 5.11 Å². The van der Waals surface area contributed by atoms with Crippen LogP contribution >= 0.6 is 0 Å². The van der Waals surface area contributed by atoms with Crippen LogP contribution in [0.25, 0.3) is 0 Å². The molecule has 0 aromatic heterocycles. The first-order valence-electron chi connectivity index (χ1n) is 13.8. The zero-order chi connectivity index (χ0) is 27.3. The first-order chi connectivity index (χ1) is 17.3. The number of rotatable bonds is 11. The van der Waals surface area contributed by atoms with E-state index in [1.165, 1.54) is 33.6 Å². The fourth-order valence-electron chi connectivity index (χ4n) is 6.66. The summed E-state index contributed by atoms with van der Waals surface area (Å²) < 4.78 is 5.11. The van der Waals surface area contributed by atoms with Crippen LogP contribution in [0.4, 0.5) is 0 Å². The molecule has 1 atom stereocenters. The third kappa shape index (κ3) is 7.60. The maximum absolute atomic E-state index is 10.6. The Labute approximate surface area is 230 Å². The fourth-order valence-corrected chi connectivity index (χ4v) is 28.0. The number of aliphatic hydroxyl groups is 1. The van der Waals surface area contributed by atoms with Crippen molar-refractivity contribution in [3.05, 3.63) is 117 Å². The molecular weight excluding hydrogens is 555 g/mol. The molecule has 0 aliphatic rings. The summed E-state index contributed by atoms with van der Waals surface area (Å²) in [4.78, 5) is 0. The van der Waals surface area contributed by atoms with Gasteiger partial charge >= 0.3 is 232 Å². The van der Waals surface area contributed by atoms with Gasteiger partial charge in [-0.2, -0.15) is 0 Å². The second-order valence-corrected chi connectivity index (χ2v) is 25.7. The average Bonchev–Trinajstić information content (AvgIpc) is 2.84. The molecule has 0 aliphatic heterocycles. The fraction of sp³-hybridized carbons (Fsp3) is 0.429. The van der Waals surface area contributed by atoms with Crippen LogP contribution in [0.15, 0.2) is 101 Å².